The summed E-state index contributed by atoms with van der Waals surface area (Å²) < 4.78 is 8.19. The van der Waals surface area contributed by atoms with Crippen molar-refractivity contribution >= 4 is 39.6 Å². The molecule has 4 aromatic rings. The van der Waals surface area contributed by atoms with E-state index in [1.54, 1.807) is 11.3 Å². The third-order valence-electron chi connectivity index (χ3n) is 5.40. The van der Waals surface area contributed by atoms with Crippen molar-refractivity contribution < 1.29 is 9.53 Å². The van der Waals surface area contributed by atoms with Crippen molar-refractivity contribution in [2.24, 2.45) is 0 Å². The van der Waals surface area contributed by atoms with Crippen LogP contribution in [-0.2, 0) is 13.2 Å². The van der Waals surface area contributed by atoms with Gasteiger partial charge >= 0.3 is 6.03 Å². The van der Waals surface area contributed by atoms with Crippen LogP contribution < -0.4 is 21.1 Å². The number of amides is 2. The fourth-order valence-electron chi connectivity index (χ4n) is 3.84. The van der Waals surface area contributed by atoms with Gasteiger partial charge in [0.25, 0.3) is 0 Å². The summed E-state index contributed by atoms with van der Waals surface area (Å²) in [5.41, 5.74) is 12.0. The second-order valence-electron chi connectivity index (χ2n) is 7.79. The molecule has 4 rings (SSSR count). The van der Waals surface area contributed by atoms with Gasteiger partial charge in [0, 0.05) is 41.2 Å². The highest BCUT2D eigenvalue weighted by Gasteiger charge is 2.17. The number of aromatic nitrogens is 2. The van der Waals surface area contributed by atoms with Crippen LogP contribution in [0.1, 0.15) is 31.0 Å². The monoisotopic (exact) mass is 463 g/mol. The van der Waals surface area contributed by atoms with Gasteiger partial charge in [0.05, 0.1) is 27.6 Å². The molecule has 33 heavy (non-hydrogen) atoms. The molecule has 0 spiro atoms. The van der Waals surface area contributed by atoms with Gasteiger partial charge in [-0.1, -0.05) is 19.1 Å². The SMILES string of the molecule is CCCNC(=O)Nc1ccc(-c2c(N)c3ccc(OCc4csc(C)n4)cc3n2CC)cc1. The topological polar surface area (TPSA) is 94.2 Å². The molecule has 0 bridgehead atoms. The number of anilines is 2. The first-order chi connectivity index (χ1) is 16.0. The van der Waals surface area contributed by atoms with Crippen molar-refractivity contribution in [2.45, 2.75) is 40.3 Å². The van der Waals surface area contributed by atoms with Gasteiger partial charge < -0.3 is 25.7 Å². The molecular weight excluding hydrogens is 434 g/mol. The zero-order valence-corrected chi connectivity index (χ0v) is 20.0. The van der Waals surface area contributed by atoms with Crippen molar-refractivity contribution in [3.8, 4) is 17.0 Å². The van der Waals surface area contributed by atoms with Gasteiger partial charge in [0.15, 0.2) is 0 Å². The number of thiazole rings is 1. The number of hydrogen-bond donors (Lipinski definition) is 3. The Balaban J connectivity index is 1.59. The summed E-state index contributed by atoms with van der Waals surface area (Å²) in [6, 6.07) is 13.5. The van der Waals surface area contributed by atoms with Crippen LogP contribution >= 0.6 is 11.3 Å². The van der Waals surface area contributed by atoms with Crippen molar-refractivity contribution in [3.63, 3.8) is 0 Å². The maximum absolute atomic E-state index is 11.9. The van der Waals surface area contributed by atoms with Crippen LogP contribution in [0, 0.1) is 6.92 Å². The number of nitrogens with two attached hydrogens (primary N) is 1. The van der Waals surface area contributed by atoms with E-state index in [-0.39, 0.29) is 6.03 Å². The first kappa shape index (κ1) is 22.7. The van der Waals surface area contributed by atoms with Crippen LogP contribution in [0.3, 0.4) is 0 Å². The summed E-state index contributed by atoms with van der Waals surface area (Å²) in [6.45, 7) is 7.95. The molecule has 7 nitrogen and oxygen atoms in total. The fourth-order valence-corrected chi connectivity index (χ4v) is 4.44. The molecule has 2 aromatic heterocycles. The second kappa shape index (κ2) is 9.95. The maximum atomic E-state index is 11.9. The van der Waals surface area contributed by atoms with Crippen LogP contribution in [0.2, 0.25) is 0 Å². The average molecular weight is 464 g/mol. The predicted octanol–water partition coefficient (Wildman–Crippen LogP) is 5.79. The molecule has 0 atom stereocenters. The number of aryl methyl sites for hydroxylation is 2. The molecule has 0 saturated carbocycles. The van der Waals surface area contributed by atoms with Crippen LogP contribution in [0.15, 0.2) is 47.8 Å². The zero-order valence-electron chi connectivity index (χ0n) is 19.1. The highest BCUT2D eigenvalue weighted by Crippen LogP contribution is 2.38. The van der Waals surface area contributed by atoms with Crippen molar-refractivity contribution in [1.82, 2.24) is 14.9 Å². The zero-order chi connectivity index (χ0) is 23.4. The standard InChI is InChI=1S/C25H29N5O2S/c1-4-12-27-25(31)29-18-8-6-17(7-9-18)24-23(26)21-11-10-20(13-22(21)30(24)5-2)32-14-19-15-33-16(3)28-19/h6-11,13,15H,4-5,12,14,26H2,1-3H3,(H2,27,29,31). The number of fused-ring (bicyclic) bond motifs is 1. The first-order valence-electron chi connectivity index (χ1n) is 11.1. The number of nitrogens with zero attached hydrogens (tertiary/aromatic N) is 2. The Morgan fingerprint density at radius 3 is 2.64 bits per heavy atom. The Hall–Kier alpha value is -3.52. The van der Waals surface area contributed by atoms with Gasteiger partial charge in [-0.05, 0) is 44.5 Å². The number of ether oxygens (including phenoxy) is 1. The largest absolute Gasteiger partial charge is 0.487 e. The molecule has 0 fully saturated rings. The van der Waals surface area contributed by atoms with E-state index in [0.29, 0.717) is 13.2 Å². The smallest absolute Gasteiger partial charge is 0.319 e. The predicted molar refractivity (Wildman–Crippen MR) is 136 cm³/mol. The lowest BCUT2D eigenvalue weighted by atomic mass is 10.1. The molecule has 0 radical (unpaired) electrons. The fraction of sp³-hybridized carbons (Fsp3) is 0.280. The number of nitrogen functional groups attached to an aromatic ring is 1. The molecule has 0 unspecified atom stereocenters. The van der Waals surface area contributed by atoms with Crippen molar-refractivity contribution in [2.75, 3.05) is 17.6 Å². The molecule has 8 heteroatoms. The van der Waals surface area contributed by atoms with Crippen LogP contribution in [0.5, 0.6) is 5.75 Å². The summed E-state index contributed by atoms with van der Waals surface area (Å²) in [4.78, 5) is 16.4. The summed E-state index contributed by atoms with van der Waals surface area (Å²) in [5, 5.41) is 9.70. The normalized spacial score (nSPS) is 11.0. The molecule has 2 amide bonds. The number of carbonyl (C=O) groups is 1. The highest BCUT2D eigenvalue weighted by atomic mass is 32.1. The number of nitrogens with one attached hydrogen (secondary N) is 2. The van der Waals surface area contributed by atoms with Crippen molar-refractivity contribution in [3.05, 3.63) is 58.5 Å². The molecule has 0 aliphatic carbocycles. The number of carbonyl (C=O) groups excluding carboxylic acids is 1. The van der Waals surface area contributed by atoms with Crippen LogP contribution in [-0.4, -0.2) is 22.1 Å². The van der Waals surface area contributed by atoms with E-state index in [9.17, 15) is 4.79 Å². The van der Waals surface area contributed by atoms with Gasteiger partial charge in [-0.15, -0.1) is 11.3 Å². The molecule has 172 valence electrons. The molecule has 0 saturated heterocycles. The minimum atomic E-state index is -0.202. The minimum absolute atomic E-state index is 0.202. The Labute approximate surface area is 197 Å². The highest BCUT2D eigenvalue weighted by molar-refractivity contribution is 7.09. The molecule has 0 aliphatic rings. The Bertz CT molecular complexity index is 1260. The lowest BCUT2D eigenvalue weighted by Gasteiger charge is -2.11. The van der Waals surface area contributed by atoms with E-state index in [0.717, 1.165) is 63.0 Å². The van der Waals surface area contributed by atoms with Gasteiger partial charge in [0.2, 0.25) is 0 Å². The number of benzene rings is 2. The summed E-state index contributed by atoms with van der Waals surface area (Å²) >= 11 is 1.62. The maximum Gasteiger partial charge on any atom is 0.319 e. The van der Waals surface area contributed by atoms with E-state index >= 15 is 0 Å². The molecule has 2 aromatic carbocycles. The van der Waals surface area contributed by atoms with Gasteiger partial charge in [-0.2, -0.15) is 0 Å². The van der Waals surface area contributed by atoms with Crippen LogP contribution in [0.25, 0.3) is 22.2 Å². The van der Waals surface area contributed by atoms with Crippen LogP contribution in [0.4, 0.5) is 16.2 Å². The van der Waals surface area contributed by atoms with Crippen molar-refractivity contribution in [1.29, 1.82) is 0 Å². The lowest BCUT2D eigenvalue weighted by Crippen LogP contribution is -2.29. The molecule has 0 aliphatic heterocycles. The van der Waals surface area contributed by atoms with E-state index < -0.39 is 0 Å². The number of urea groups is 1. The van der Waals surface area contributed by atoms with E-state index in [4.69, 9.17) is 10.5 Å². The summed E-state index contributed by atoms with van der Waals surface area (Å²) in [6.07, 6.45) is 0.893. The Morgan fingerprint density at radius 2 is 1.97 bits per heavy atom. The van der Waals surface area contributed by atoms with E-state index in [2.05, 4.69) is 27.1 Å². The van der Waals surface area contributed by atoms with E-state index in [1.165, 1.54) is 0 Å². The Kier molecular flexibility index (Phi) is 6.84. The third kappa shape index (κ3) is 4.96. The number of hydrogen-bond acceptors (Lipinski definition) is 5. The van der Waals surface area contributed by atoms with Gasteiger partial charge in [-0.25, -0.2) is 9.78 Å². The molecular formula is C25H29N5O2S. The van der Waals surface area contributed by atoms with Gasteiger partial charge in [0.1, 0.15) is 12.4 Å². The molecule has 4 N–H and O–H groups in total. The second-order valence-corrected chi connectivity index (χ2v) is 8.85. The van der Waals surface area contributed by atoms with Gasteiger partial charge in [-0.3, -0.25) is 0 Å². The summed E-state index contributed by atoms with van der Waals surface area (Å²) in [7, 11) is 0. The van der Waals surface area contributed by atoms with E-state index in [1.807, 2.05) is 61.7 Å². The lowest BCUT2D eigenvalue weighted by molar-refractivity contribution is 0.252. The quantitative estimate of drug-likeness (QED) is 0.308. The first-order valence-corrected chi connectivity index (χ1v) is 12.0. The minimum Gasteiger partial charge on any atom is -0.487 e. The third-order valence-corrected chi connectivity index (χ3v) is 6.22. The number of rotatable bonds is 8. The summed E-state index contributed by atoms with van der Waals surface area (Å²) in [5.74, 6) is 0.782. The Morgan fingerprint density at radius 1 is 1.18 bits per heavy atom. The molecule has 2 heterocycles. The average Bonchev–Trinajstić information content (AvgIpc) is 3.36.